The first-order valence-corrected chi connectivity index (χ1v) is 7.25. The molecule has 0 saturated carbocycles. The Balaban J connectivity index is 2.03. The highest BCUT2D eigenvalue weighted by Gasteiger charge is 2.17. The first kappa shape index (κ1) is 15.4. The first-order chi connectivity index (χ1) is 10.1. The second kappa shape index (κ2) is 7.14. The Labute approximate surface area is 129 Å². The van der Waals surface area contributed by atoms with E-state index in [0.29, 0.717) is 0 Å². The fourth-order valence-electron chi connectivity index (χ4n) is 1.95. The molecular formula is C17H18ClNO2. The van der Waals surface area contributed by atoms with E-state index in [1.165, 1.54) is 5.56 Å². The molecule has 0 aromatic heterocycles. The number of methoxy groups -OCH3 is 1. The van der Waals surface area contributed by atoms with Crippen LogP contribution in [0.4, 0.5) is 5.69 Å². The van der Waals surface area contributed by atoms with E-state index in [2.05, 4.69) is 12.2 Å². The number of nitrogens with one attached hydrogen (secondary N) is 1. The molecule has 3 nitrogen and oxygen atoms in total. The number of alkyl halides is 1. The normalized spacial score (nSPS) is 11.8. The summed E-state index contributed by atoms with van der Waals surface area (Å²) in [6, 6.07) is 14.9. The first-order valence-electron chi connectivity index (χ1n) is 6.82. The number of carbonyl (C=O) groups excluding carboxylic acids is 1. The molecule has 1 amide bonds. The molecule has 0 aliphatic carbocycles. The van der Waals surface area contributed by atoms with E-state index >= 15 is 0 Å². The number of hydrogen-bond acceptors (Lipinski definition) is 2. The largest absolute Gasteiger partial charge is 0.497 e. The average molecular weight is 304 g/mol. The molecule has 0 spiro atoms. The summed E-state index contributed by atoms with van der Waals surface area (Å²) in [7, 11) is 1.60. The number of hydrogen-bond donors (Lipinski definition) is 1. The van der Waals surface area contributed by atoms with Gasteiger partial charge in [0, 0.05) is 5.69 Å². The fourth-order valence-corrected chi connectivity index (χ4v) is 2.15. The van der Waals surface area contributed by atoms with E-state index < -0.39 is 5.38 Å². The van der Waals surface area contributed by atoms with Crippen molar-refractivity contribution in [2.45, 2.75) is 18.7 Å². The van der Waals surface area contributed by atoms with Gasteiger partial charge < -0.3 is 10.1 Å². The number of anilines is 1. The third-order valence-electron chi connectivity index (χ3n) is 3.27. The summed E-state index contributed by atoms with van der Waals surface area (Å²) in [6.45, 7) is 2.09. The Morgan fingerprint density at radius 3 is 2.29 bits per heavy atom. The van der Waals surface area contributed by atoms with Crippen LogP contribution in [0.5, 0.6) is 5.75 Å². The average Bonchev–Trinajstić information content (AvgIpc) is 2.55. The highest BCUT2D eigenvalue weighted by molar-refractivity contribution is 6.32. The van der Waals surface area contributed by atoms with Crippen molar-refractivity contribution in [3.63, 3.8) is 0 Å². The zero-order valence-electron chi connectivity index (χ0n) is 12.1. The number of ether oxygens (including phenoxy) is 1. The van der Waals surface area contributed by atoms with Crippen LogP contribution in [0.3, 0.4) is 0 Å². The lowest BCUT2D eigenvalue weighted by atomic mass is 10.1. The molecule has 1 N–H and O–H groups in total. The minimum absolute atomic E-state index is 0.244. The van der Waals surface area contributed by atoms with Gasteiger partial charge in [-0.3, -0.25) is 4.79 Å². The molecule has 0 radical (unpaired) electrons. The van der Waals surface area contributed by atoms with Crippen LogP contribution in [0, 0.1) is 0 Å². The van der Waals surface area contributed by atoms with Crippen LogP contribution in [-0.2, 0) is 11.2 Å². The van der Waals surface area contributed by atoms with Gasteiger partial charge in [0.2, 0.25) is 5.91 Å². The van der Waals surface area contributed by atoms with Crippen molar-refractivity contribution < 1.29 is 9.53 Å². The predicted octanol–water partition coefficient (Wildman–Crippen LogP) is 4.18. The Morgan fingerprint density at radius 1 is 1.14 bits per heavy atom. The lowest BCUT2D eigenvalue weighted by molar-refractivity contribution is -0.116. The molecule has 0 fully saturated rings. The molecule has 1 unspecified atom stereocenters. The molecule has 0 saturated heterocycles. The van der Waals surface area contributed by atoms with Gasteiger partial charge >= 0.3 is 0 Å². The Kier molecular flexibility index (Phi) is 5.23. The molecule has 2 aromatic rings. The summed E-state index contributed by atoms with van der Waals surface area (Å²) < 4.78 is 5.08. The standard InChI is InChI=1S/C17H18ClNO2/c1-3-12-4-8-14(9-5-12)19-17(20)16(18)13-6-10-15(21-2)11-7-13/h4-11,16H,3H2,1-2H3,(H,19,20). The van der Waals surface area contributed by atoms with Crippen LogP contribution in [0.2, 0.25) is 0 Å². The van der Waals surface area contributed by atoms with Gasteiger partial charge in [-0.2, -0.15) is 0 Å². The van der Waals surface area contributed by atoms with Gasteiger partial charge in [0.05, 0.1) is 7.11 Å². The highest BCUT2D eigenvalue weighted by atomic mass is 35.5. The van der Waals surface area contributed by atoms with Crippen molar-refractivity contribution in [2.75, 3.05) is 12.4 Å². The van der Waals surface area contributed by atoms with Crippen molar-refractivity contribution in [1.82, 2.24) is 0 Å². The zero-order valence-corrected chi connectivity index (χ0v) is 12.9. The summed E-state index contributed by atoms with van der Waals surface area (Å²) >= 11 is 6.21. The van der Waals surface area contributed by atoms with Crippen LogP contribution in [0.1, 0.15) is 23.4 Å². The summed E-state index contributed by atoms with van der Waals surface area (Å²) in [5.74, 6) is 0.490. The van der Waals surface area contributed by atoms with Crippen LogP contribution in [-0.4, -0.2) is 13.0 Å². The SMILES string of the molecule is CCc1ccc(NC(=O)C(Cl)c2ccc(OC)cc2)cc1. The summed E-state index contributed by atoms with van der Waals surface area (Å²) in [5, 5.41) is 2.08. The minimum atomic E-state index is -0.734. The van der Waals surface area contributed by atoms with E-state index in [1.54, 1.807) is 31.4 Å². The Bertz CT molecular complexity index is 593. The predicted molar refractivity (Wildman–Crippen MR) is 86.0 cm³/mol. The second-order valence-corrected chi connectivity index (χ2v) is 5.11. The molecule has 4 heteroatoms. The molecule has 2 aromatic carbocycles. The number of halogens is 1. The van der Waals surface area contributed by atoms with Crippen LogP contribution >= 0.6 is 11.6 Å². The zero-order chi connectivity index (χ0) is 15.2. The van der Waals surface area contributed by atoms with Gasteiger partial charge in [-0.25, -0.2) is 0 Å². The molecule has 21 heavy (non-hydrogen) atoms. The van der Waals surface area contributed by atoms with E-state index in [4.69, 9.17) is 16.3 Å². The molecule has 0 aliphatic rings. The number of benzene rings is 2. The number of rotatable bonds is 5. The maximum Gasteiger partial charge on any atom is 0.246 e. The third-order valence-corrected chi connectivity index (χ3v) is 3.72. The lowest BCUT2D eigenvalue weighted by Crippen LogP contribution is -2.17. The quantitative estimate of drug-likeness (QED) is 0.842. The summed E-state index contributed by atoms with van der Waals surface area (Å²) in [5.41, 5.74) is 2.71. The molecule has 1 atom stereocenters. The lowest BCUT2D eigenvalue weighted by Gasteiger charge is -2.12. The molecule has 2 rings (SSSR count). The van der Waals surface area contributed by atoms with Gasteiger partial charge in [0.15, 0.2) is 0 Å². The topological polar surface area (TPSA) is 38.3 Å². The maximum absolute atomic E-state index is 12.1. The number of carbonyl (C=O) groups is 1. The van der Waals surface area contributed by atoms with Crippen molar-refractivity contribution in [2.24, 2.45) is 0 Å². The second-order valence-electron chi connectivity index (χ2n) is 4.68. The maximum atomic E-state index is 12.1. The molecular weight excluding hydrogens is 286 g/mol. The minimum Gasteiger partial charge on any atom is -0.497 e. The van der Waals surface area contributed by atoms with Crippen molar-refractivity contribution in [1.29, 1.82) is 0 Å². The van der Waals surface area contributed by atoms with Crippen LogP contribution in [0.15, 0.2) is 48.5 Å². The monoisotopic (exact) mass is 303 g/mol. The van der Waals surface area contributed by atoms with Gasteiger partial charge in [0.25, 0.3) is 0 Å². The van der Waals surface area contributed by atoms with Crippen molar-refractivity contribution >= 4 is 23.2 Å². The van der Waals surface area contributed by atoms with E-state index in [1.807, 2.05) is 24.3 Å². The van der Waals surface area contributed by atoms with Gasteiger partial charge in [-0.05, 0) is 41.8 Å². The summed E-state index contributed by atoms with van der Waals surface area (Å²) in [4.78, 5) is 12.1. The smallest absolute Gasteiger partial charge is 0.246 e. The van der Waals surface area contributed by atoms with Gasteiger partial charge in [-0.15, -0.1) is 11.6 Å². The Morgan fingerprint density at radius 2 is 1.76 bits per heavy atom. The molecule has 0 aliphatic heterocycles. The fraction of sp³-hybridized carbons (Fsp3) is 0.235. The third kappa shape index (κ3) is 3.99. The number of amides is 1. The molecule has 110 valence electrons. The Hall–Kier alpha value is -2.00. The van der Waals surface area contributed by atoms with Crippen LogP contribution < -0.4 is 10.1 Å². The number of aryl methyl sites for hydroxylation is 1. The molecule has 0 heterocycles. The molecule has 0 bridgehead atoms. The van der Waals surface area contributed by atoms with Gasteiger partial charge in [0.1, 0.15) is 11.1 Å². The van der Waals surface area contributed by atoms with E-state index in [9.17, 15) is 4.79 Å². The van der Waals surface area contributed by atoms with Crippen LogP contribution in [0.25, 0.3) is 0 Å². The summed E-state index contributed by atoms with van der Waals surface area (Å²) in [6.07, 6.45) is 0.970. The van der Waals surface area contributed by atoms with Crippen molar-refractivity contribution in [3.8, 4) is 5.75 Å². The highest BCUT2D eigenvalue weighted by Crippen LogP contribution is 2.24. The van der Waals surface area contributed by atoms with E-state index in [-0.39, 0.29) is 5.91 Å². The van der Waals surface area contributed by atoms with E-state index in [0.717, 1.165) is 23.4 Å². The van der Waals surface area contributed by atoms with Gasteiger partial charge in [-0.1, -0.05) is 31.2 Å². The van der Waals surface area contributed by atoms with Crippen molar-refractivity contribution in [3.05, 3.63) is 59.7 Å².